The molecule has 9 heteroatoms. The van der Waals surface area contributed by atoms with E-state index in [2.05, 4.69) is 5.10 Å². The number of fused-ring (bicyclic) bond motifs is 1. The fourth-order valence-corrected chi connectivity index (χ4v) is 5.55. The summed E-state index contributed by atoms with van der Waals surface area (Å²) in [6.07, 6.45) is 2.96. The number of amides is 1. The normalized spacial score (nSPS) is 15.6. The lowest BCUT2D eigenvalue weighted by Crippen LogP contribution is -2.47. The van der Waals surface area contributed by atoms with Crippen LogP contribution in [0.25, 0.3) is 22.3 Å². The predicted octanol–water partition coefficient (Wildman–Crippen LogP) is 3.87. The van der Waals surface area contributed by atoms with Gasteiger partial charge in [-0.1, -0.05) is 29.8 Å². The second-order valence-corrected chi connectivity index (χ2v) is 11.6. The number of benzene rings is 1. The Bertz CT molecular complexity index is 1290. The molecule has 8 nitrogen and oxygen atoms in total. The van der Waals surface area contributed by atoms with E-state index in [0.29, 0.717) is 37.1 Å². The number of carbonyl (C=O) groups is 1. The lowest BCUT2D eigenvalue weighted by molar-refractivity contribution is 0.0688. The van der Waals surface area contributed by atoms with Gasteiger partial charge in [0.15, 0.2) is 5.65 Å². The van der Waals surface area contributed by atoms with Crippen LogP contribution in [0, 0.1) is 6.92 Å². The number of aromatic nitrogens is 3. The zero-order valence-corrected chi connectivity index (χ0v) is 21.3. The van der Waals surface area contributed by atoms with Crippen LogP contribution in [-0.2, 0) is 10.0 Å². The summed E-state index contributed by atoms with van der Waals surface area (Å²) in [6, 6.07) is 9.99. The van der Waals surface area contributed by atoms with Crippen LogP contribution >= 0.6 is 0 Å². The van der Waals surface area contributed by atoms with Crippen LogP contribution in [0.15, 0.2) is 36.5 Å². The number of pyridine rings is 1. The largest absolute Gasteiger partial charge is 0.339 e. The van der Waals surface area contributed by atoms with Crippen molar-refractivity contribution in [2.75, 3.05) is 25.9 Å². The molecule has 34 heavy (non-hydrogen) atoms. The molecule has 1 amide bonds. The van der Waals surface area contributed by atoms with Gasteiger partial charge in [0.2, 0.25) is 10.0 Å². The lowest BCUT2D eigenvalue weighted by Gasteiger charge is -2.36. The SMILES string of the molecule is CCS(=O)(=O)N(C)C1CCN(C(=O)c2cc(-c3ccc(C)cc3)nc3c2cnn3C(C)C)CC1. The molecule has 1 saturated heterocycles. The van der Waals surface area contributed by atoms with E-state index in [4.69, 9.17) is 4.98 Å². The topological polar surface area (TPSA) is 88.4 Å². The highest BCUT2D eigenvalue weighted by molar-refractivity contribution is 7.89. The van der Waals surface area contributed by atoms with Crippen LogP contribution in [0.5, 0.6) is 0 Å². The molecule has 0 N–H and O–H groups in total. The first-order valence-electron chi connectivity index (χ1n) is 11.8. The number of nitrogens with zero attached hydrogens (tertiary/aromatic N) is 5. The van der Waals surface area contributed by atoms with Crippen molar-refractivity contribution < 1.29 is 13.2 Å². The first-order valence-corrected chi connectivity index (χ1v) is 13.4. The molecule has 4 rings (SSSR count). The van der Waals surface area contributed by atoms with Gasteiger partial charge in [0.1, 0.15) is 0 Å². The molecule has 1 fully saturated rings. The summed E-state index contributed by atoms with van der Waals surface area (Å²) < 4.78 is 27.8. The van der Waals surface area contributed by atoms with Crippen molar-refractivity contribution in [3.05, 3.63) is 47.7 Å². The molecule has 182 valence electrons. The molecule has 0 aliphatic carbocycles. The third-order valence-corrected chi connectivity index (χ3v) is 8.61. The average Bonchev–Trinajstić information content (AvgIpc) is 3.27. The van der Waals surface area contributed by atoms with Gasteiger partial charge in [-0.25, -0.2) is 22.4 Å². The highest BCUT2D eigenvalue weighted by Gasteiger charge is 2.31. The Morgan fingerprint density at radius 3 is 2.41 bits per heavy atom. The molecule has 3 heterocycles. The van der Waals surface area contributed by atoms with Gasteiger partial charge in [-0.05, 0) is 46.6 Å². The minimum atomic E-state index is -3.25. The number of piperidine rings is 1. The molecular formula is C25H33N5O3S. The van der Waals surface area contributed by atoms with E-state index in [-0.39, 0.29) is 23.7 Å². The van der Waals surface area contributed by atoms with Crippen LogP contribution in [0.4, 0.5) is 0 Å². The Morgan fingerprint density at radius 2 is 1.82 bits per heavy atom. The number of rotatable bonds is 6. The number of aryl methyl sites for hydroxylation is 1. The van der Waals surface area contributed by atoms with Gasteiger partial charge in [0, 0.05) is 37.8 Å². The van der Waals surface area contributed by atoms with Crippen molar-refractivity contribution in [1.82, 2.24) is 24.0 Å². The molecular weight excluding hydrogens is 450 g/mol. The molecule has 1 aliphatic heterocycles. The number of hydrogen-bond acceptors (Lipinski definition) is 5. The summed E-state index contributed by atoms with van der Waals surface area (Å²) in [7, 11) is -1.61. The molecule has 2 aromatic heterocycles. The van der Waals surface area contributed by atoms with Gasteiger partial charge in [-0.2, -0.15) is 5.10 Å². The zero-order chi connectivity index (χ0) is 24.6. The Labute approximate surface area is 201 Å². The Hall–Kier alpha value is -2.78. The van der Waals surface area contributed by atoms with Gasteiger partial charge < -0.3 is 4.90 Å². The maximum Gasteiger partial charge on any atom is 0.254 e. The second kappa shape index (κ2) is 9.46. The Morgan fingerprint density at radius 1 is 1.18 bits per heavy atom. The second-order valence-electron chi connectivity index (χ2n) is 9.28. The summed E-state index contributed by atoms with van der Waals surface area (Å²) in [5.74, 6) is 0.0164. The van der Waals surface area contributed by atoms with E-state index in [1.54, 1.807) is 20.2 Å². The van der Waals surface area contributed by atoms with Crippen LogP contribution in [0.3, 0.4) is 0 Å². The monoisotopic (exact) mass is 483 g/mol. The average molecular weight is 484 g/mol. The summed E-state index contributed by atoms with van der Waals surface area (Å²) >= 11 is 0. The van der Waals surface area contributed by atoms with Crippen LogP contribution < -0.4 is 0 Å². The standard InChI is InChI=1S/C25H33N5O3S/c1-6-34(32,33)28(5)20-11-13-29(14-12-20)25(31)21-15-23(19-9-7-18(4)8-10-19)27-24-22(21)16-26-30(24)17(2)3/h7-10,15-17,20H,6,11-14H2,1-5H3. The summed E-state index contributed by atoms with van der Waals surface area (Å²) in [5.41, 5.74) is 4.12. The molecule has 0 bridgehead atoms. The van der Waals surface area contributed by atoms with Crippen LogP contribution in [-0.4, -0.2) is 70.2 Å². The molecule has 3 aromatic rings. The van der Waals surface area contributed by atoms with Crippen molar-refractivity contribution in [2.24, 2.45) is 0 Å². The smallest absolute Gasteiger partial charge is 0.254 e. The van der Waals surface area contributed by atoms with Crippen LogP contribution in [0.2, 0.25) is 0 Å². The highest BCUT2D eigenvalue weighted by Crippen LogP contribution is 2.29. The van der Waals surface area contributed by atoms with Crippen molar-refractivity contribution in [3.63, 3.8) is 0 Å². The maximum atomic E-state index is 13.7. The van der Waals surface area contributed by atoms with E-state index in [0.717, 1.165) is 22.2 Å². The molecule has 0 radical (unpaired) electrons. The van der Waals surface area contributed by atoms with E-state index in [1.807, 2.05) is 60.7 Å². The lowest BCUT2D eigenvalue weighted by atomic mass is 10.0. The zero-order valence-electron chi connectivity index (χ0n) is 20.5. The summed E-state index contributed by atoms with van der Waals surface area (Å²) in [5, 5.41) is 5.25. The van der Waals surface area contributed by atoms with Gasteiger partial charge in [0.05, 0.1) is 28.6 Å². The first kappa shape index (κ1) is 24.3. The minimum absolute atomic E-state index is 0.0662. The van der Waals surface area contributed by atoms with Crippen LogP contribution in [0.1, 0.15) is 55.6 Å². The van der Waals surface area contributed by atoms with Gasteiger partial charge in [-0.15, -0.1) is 0 Å². The van der Waals surface area contributed by atoms with Gasteiger partial charge in [-0.3, -0.25) is 4.79 Å². The molecule has 0 unspecified atom stereocenters. The molecule has 1 aromatic carbocycles. The third kappa shape index (κ3) is 4.59. The van der Waals surface area contributed by atoms with Crippen molar-refractivity contribution in [3.8, 4) is 11.3 Å². The van der Waals surface area contributed by atoms with Crippen molar-refractivity contribution >= 4 is 27.0 Å². The Kier molecular flexibility index (Phi) is 6.78. The maximum absolute atomic E-state index is 13.7. The van der Waals surface area contributed by atoms with Gasteiger partial charge >= 0.3 is 0 Å². The van der Waals surface area contributed by atoms with Crippen molar-refractivity contribution in [1.29, 1.82) is 0 Å². The number of hydrogen-bond donors (Lipinski definition) is 0. The number of carbonyl (C=O) groups excluding carboxylic acids is 1. The number of likely N-dealkylation sites (tertiary alicyclic amines) is 1. The Balaban J connectivity index is 1.67. The van der Waals surface area contributed by atoms with Gasteiger partial charge in [0.25, 0.3) is 5.91 Å². The predicted molar refractivity (Wildman–Crippen MR) is 134 cm³/mol. The van der Waals surface area contributed by atoms with E-state index < -0.39 is 10.0 Å². The molecule has 1 aliphatic rings. The highest BCUT2D eigenvalue weighted by atomic mass is 32.2. The fraction of sp³-hybridized carbons (Fsp3) is 0.480. The molecule has 0 atom stereocenters. The van der Waals surface area contributed by atoms with Crippen molar-refractivity contribution in [2.45, 2.75) is 52.6 Å². The van der Waals surface area contributed by atoms with E-state index in [9.17, 15) is 13.2 Å². The van der Waals surface area contributed by atoms with E-state index in [1.165, 1.54) is 4.31 Å². The first-order chi connectivity index (χ1) is 16.1. The molecule has 0 saturated carbocycles. The third-order valence-electron chi connectivity index (χ3n) is 6.70. The fourth-order valence-electron chi connectivity index (χ4n) is 4.48. The summed E-state index contributed by atoms with van der Waals surface area (Å²) in [6.45, 7) is 8.79. The van der Waals surface area contributed by atoms with E-state index >= 15 is 0 Å². The minimum Gasteiger partial charge on any atom is -0.339 e. The number of sulfonamides is 1. The summed E-state index contributed by atoms with van der Waals surface area (Å²) in [4.78, 5) is 20.4. The molecule has 0 spiro atoms. The quantitative estimate of drug-likeness (QED) is 0.531.